The topological polar surface area (TPSA) is 84.9 Å². The summed E-state index contributed by atoms with van der Waals surface area (Å²) < 4.78 is 11.7. The van der Waals surface area contributed by atoms with Crippen molar-refractivity contribution >= 4 is 23.0 Å². The van der Waals surface area contributed by atoms with E-state index in [1.165, 1.54) is 0 Å². The number of hydrogen-bond acceptors (Lipinski definition) is 6. The van der Waals surface area contributed by atoms with Crippen molar-refractivity contribution in [1.82, 2.24) is 5.32 Å². The molecule has 2 fully saturated rings. The highest BCUT2D eigenvalue weighted by molar-refractivity contribution is 8.14. The van der Waals surface area contributed by atoms with E-state index in [2.05, 4.69) is 24.4 Å². The number of nitrogens with one attached hydrogen (secondary N) is 1. The minimum Gasteiger partial charge on any atom is -0.459 e. The van der Waals surface area contributed by atoms with Gasteiger partial charge in [-0.25, -0.2) is 4.79 Å². The first-order valence-corrected chi connectivity index (χ1v) is 10.7. The number of hydrogen-bond donors (Lipinski definition) is 2. The maximum atomic E-state index is 12.3. The zero-order chi connectivity index (χ0) is 19.4. The van der Waals surface area contributed by atoms with Crippen molar-refractivity contribution < 1.29 is 24.2 Å². The molecule has 1 amide bonds. The van der Waals surface area contributed by atoms with Crippen molar-refractivity contribution in [2.24, 2.45) is 5.92 Å². The van der Waals surface area contributed by atoms with E-state index in [1.807, 2.05) is 6.92 Å². The van der Waals surface area contributed by atoms with Crippen LogP contribution in [-0.4, -0.2) is 46.1 Å². The molecule has 0 aromatic carbocycles. The molecule has 2 saturated heterocycles. The lowest BCUT2D eigenvalue weighted by atomic mass is 9.90. The van der Waals surface area contributed by atoms with Crippen LogP contribution < -0.4 is 5.32 Å². The molecular weight excluding hydrogens is 366 g/mol. The number of allylic oxidation sites excluding steroid dienone is 3. The van der Waals surface area contributed by atoms with Crippen LogP contribution >= 0.6 is 11.8 Å². The van der Waals surface area contributed by atoms with Crippen LogP contribution in [0.2, 0.25) is 0 Å². The van der Waals surface area contributed by atoms with Gasteiger partial charge in [-0.15, -0.1) is 0 Å². The number of esters is 1. The molecule has 5 atom stereocenters. The summed E-state index contributed by atoms with van der Waals surface area (Å²) >= 11 is 1.14. The first-order chi connectivity index (χ1) is 12.8. The molecule has 2 N–H and O–H groups in total. The van der Waals surface area contributed by atoms with Gasteiger partial charge in [0.25, 0.3) is 5.24 Å². The maximum Gasteiger partial charge on any atom is 0.330 e. The SMILES string of the molecule is CC1=CC(=O)O[C@H]2C[C@@H](CC[C@H](C)/C=C\CC1)O[C@@](O)([C@H]1CSC(=O)N1)C2. The van der Waals surface area contributed by atoms with E-state index in [1.54, 1.807) is 6.08 Å². The zero-order valence-corrected chi connectivity index (χ0v) is 16.8. The third-order valence-electron chi connectivity index (χ3n) is 5.40. The van der Waals surface area contributed by atoms with Crippen molar-refractivity contribution in [2.75, 3.05) is 5.75 Å². The molecule has 7 heteroatoms. The molecule has 0 spiro atoms. The summed E-state index contributed by atoms with van der Waals surface area (Å²) in [6, 6.07) is -0.493. The van der Waals surface area contributed by atoms with Gasteiger partial charge < -0.3 is 19.9 Å². The quantitative estimate of drug-likeness (QED) is 0.523. The van der Waals surface area contributed by atoms with Crippen LogP contribution in [0.1, 0.15) is 52.4 Å². The second-order valence-corrected chi connectivity index (χ2v) is 8.88. The zero-order valence-electron chi connectivity index (χ0n) is 16.0. The van der Waals surface area contributed by atoms with Gasteiger partial charge in [-0.3, -0.25) is 4.79 Å². The Balaban J connectivity index is 1.78. The summed E-state index contributed by atoms with van der Waals surface area (Å²) in [6.45, 7) is 4.10. The minimum atomic E-state index is -1.51. The highest BCUT2D eigenvalue weighted by Crippen LogP contribution is 2.37. The maximum absolute atomic E-state index is 12.3. The number of ether oxygens (including phenoxy) is 2. The molecule has 3 aliphatic heterocycles. The fourth-order valence-corrected chi connectivity index (χ4v) is 4.75. The van der Waals surface area contributed by atoms with E-state index in [-0.39, 0.29) is 23.7 Å². The molecule has 0 aliphatic carbocycles. The first kappa shape index (κ1) is 20.4. The van der Waals surface area contributed by atoms with Gasteiger partial charge >= 0.3 is 5.97 Å². The van der Waals surface area contributed by atoms with Crippen LogP contribution in [0.25, 0.3) is 0 Å². The van der Waals surface area contributed by atoms with E-state index < -0.39 is 17.9 Å². The summed E-state index contributed by atoms with van der Waals surface area (Å²) in [4.78, 5) is 23.9. The summed E-state index contributed by atoms with van der Waals surface area (Å²) in [7, 11) is 0. The van der Waals surface area contributed by atoms with Crippen LogP contribution in [0.5, 0.6) is 0 Å². The lowest BCUT2D eigenvalue weighted by Gasteiger charge is -2.43. The smallest absolute Gasteiger partial charge is 0.330 e. The average Bonchev–Trinajstić information content (AvgIpc) is 3.03. The van der Waals surface area contributed by atoms with Crippen molar-refractivity contribution in [1.29, 1.82) is 0 Å². The summed E-state index contributed by atoms with van der Waals surface area (Å²) in [6.07, 6.45) is 9.42. The molecule has 3 rings (SSSR count). The lowest BCUT2D eigenvalue weighted by Crippen LogP contribution is -2.58. The standard InChI is InChI=1S/C20H29NO5S/c1-13-5-3-4-6-14(2)9-18(22)25-16-10-15(8-7-13)26-20(24,11-16)17-12-27-19(23)21-17/h3,5,9,13,15-17,24H,4,6-8,10-12H2,1-2H3,(H,21,23)/b5-3-,14-9?/t13-,15-,16+,17-,20-/m1/s1. The Hall–Kier alpha value is -1.31. The lowest BCUT2D eigenvalue weighted by molar-refractivity contribution is -0.283. The summed E-state index contributed by atoms with van der Waals surface area (Å²) in [5, 5.41) is 13.7. The fraction of sp³-hybridized carbons (Fsp3) is 0.700. The molecule has 3 aliphatic rings. The molecular formula is C20H29NO5S. The van der Waals surface area contributed by atoms with E-state index in [0.717, 1.165) is 43.0 Å². The van der Waals surface area contributed by atoms with Crippen molar-refractivity contribution in [2.45, 2.75) is 76.4 Å². The predicted octanol–water partition coefficient (Wildman–Crippen LogP) is 3.30. The number of fused-ring (bicyclic) bond motifs is 2. The van der Waals surface area contributed by atoms with E-state index in [9.17, 15) is 14.7 Å². The second kappa shape index (κ2) is 8.80. The van der Waals surface area contributed by atoms with Crippen LogP contribution in [0.4, 0.5) is 4.79 Å². The number of amides is 1. The van der Waals surface area contributed by atoms with Gasteiger partial charge in [0.05, 0.1) is 12.1 Å². The van der Waals surface area contributed by atoms with Gasteiger partial charge in [-0.2, -0.15) is 0 Å². The number of aliphatic hydroxyl groups is 1. The first-order valence-electron chi connectivity index (χ1n) is 9.72. The Kier molecular flexibility index (Phi) is 6.65. The molecule has 2 bridgehead atoms. The molecule has 0 radical (unpaired) electrons. The average molecular weight is 396 g/mol. The minimum absolute atomic E-state index is 0.160. The van der Waals surface area contributed by atoms with Gasteiger partial charge in [0, 0.05) is 24.7 Å². The highest BCUT2D eigenvalue weighted by Gasteiger charge is 2.49. The van der Waals surface area contributed by atoms with Gasteiger partial charge in [0.15, 0.2) is 5.79 Å². The largest absolute Gasteiger partial charge is 0.459 e. The normalized spacial score (nSPS) is 39.7. The number of rotatable bonds is 1. The summed E-state index contributed by atoms with van der Waals surface area (Å²) in [5.41, 5.74) is 0.979. The van der Waals surface area contributed by atoms with Crippen molar-refractivity contribution in [3.8, 4) is 0 Å². The molecule has 3 heterocycles. The Bertz CT molecular complexity index is 634. The summed E-state index contributed by atoms with van der Waals surface area (Å²) in [5.74, 6) is -1.03. The Labute approximate surface area is 164 Å². The van der Waals surface area contributed by atoms with Gasteiger partial charge in [-0.1, -0.05) is 36.4 Å². The van der Waals surface area contributed by atoms with E-state index in [0.29, 0.717) is 18.1 Å². The Morgan fingerprint density at radius 1 is 1.30 bits per heavy atom. The van der Waals surface area contributed by atoms with Crippen LogP contribution in [-0.2, 0) is 14.3 Å². The molecule has 0 unspecified atom stereocenters. The highest BCUT2D eigenvalue weighted by atomic mass is 32.2. The molecule has 0 aromatic heterocycles. The van der Waals surface area contributed by atoms with Gasteiger partial charge in [0.1, 0.15) is 6.10 Å². The molecule has 0 aromatic rings. The predicted molar refractivity (Wildman–Crippen MR) is 104 cm³/mol. The third-order valence-corrected chi connectivity index (χ3v) is 6.28. The fourth-order valence-electron chi connectivity index (χ4n) is 3.86. The Morgan fingerprint density at radius 2 is 2.11 bits per heavy atom. The van der Waals surface area contributed by atoms with Crippen molar-refractivity contribution in [3.05, 3.63) is 23.8 Å². The van der Waals surface area contributed by atoms with Crippen LogP contribution in [0.15, 0.2) is 23.8 Å². The number of carbonyl (C=O) groups excluding carboxylic acids is 2. The molecule has 6 nitrogen and oxygen atoms in total. The van der Waals surface area contributed by atoms with E-state index in [4.69, 9.17) is 9.47 Å². The van der Waals surface area contributed by atoms with Crippen LogP contribution in [0.3, 0.4) is 0 Å². The van der Waals surface area contributed by atoms with Crippen molar-refractivity contribution in [3.63, 3.8) is 0 Å². The van der Waals surface area contributed by atoms with Crippen LogP contribution in [0, 0.1) is 5.92 Å². The third kappa shape index (κ3) is 5.59. The monoisotopic (exact) mass is 395 g/mol. The molecule has 27 heavy (non-hydrogen) atoms. The van der Waals surface area contributed by atoms with Gasteiger partial charge in [0.2, 0.25) is 0 Å². The Morgan fingerprint density at radius 3 is 2.85 bits per heavy atom. The molecule has 0 saturated carbocycles. The van der Waals surface area contributed by atoms with E-state index >= 15 is 0 Å². The number of carbonyl (C=O) groups is 2. The second-order valence-electron chi connectivity index (χ2n) is 7.89. The molecule has 150 valence electrons. The van der Waals surface area contributed by atoms with Gasteiger partial charge in [-0.05, 0) is 38.5 Å². The number of thioether (sulfide) groups is 1.